The minimum atomic E-state index is -0.177. The zero-order valence-electron chi connectivity index (χ0n) is 11.6. The summed E-state index contributed by atoms with van der Waals surface area (Å²) in [6, 6.07) is 0. The molecule has 1 aromatic heterocycles. The summed E-state index contributed by atoms with van der Waals surface area (Å²) >= 11 is 7.89. The summed E-state index contributed by atoms with van der Waals surface area (Å²) < 4.78 is 2.65. The van der Waals surface area contributed by atoms with Gasteiger partial charge >= 0.3 is 5.69 Å². The molecule has 0 saturated heterocycles. The molecule has 0 amide bonds. The quantitative estimate of drug-likeness (QED) is 0.862. The lowest BCUT2D eigenvalue weighted by molar-refractivity contribution is 0.234. The Hall–Kier alpha value is -0.290. The summed E-state index contributed by atoms with van der Waals surface area (Å²) in [7, 11) is 0. The highest BCUT2D eigenvalue weighted by molar-refractivity contribution is 9.10. The maximum absolute atomic E-state index is 12.0. The van der Waals surface area contributed by atoms with E-state index >= 15 is 0 Å². The van der Waals surface area contributed by atoms with Crippen molar-refractivity contribution in [2.45, 2.75) is 41.2 Å². The second-order valence-electron chi connectivity index (χ2n) is 5.74. The molecule has 0 spiro atoms. The van der Waals surface area contributed by atoms with Crippen LogP contribution in [0.15, 0.2) is 9.27 Å². The van der Waals surface area contributed by atoms with Gasteiger partial charge in [0.25, 0.3) is 0 Å². The van der Waals surface area contributed by atoms with Gasteiger partial charge in [0.15, 0.2) is 0 Å². The van der Waals surface area contributed by atoms with Gasteiger partial charge in [-0.3, -0.25) is 4.57 Å². The number of hydrogen-bond acceptors (Lipinski definition) is 3. The van der Waals surface area contributed by atoms with Crippen LogP contribution >= 0.6 is 28.6 Å². The van der Waals surface area contributed by atoms with Gasteiger partial charge in [-0.1, -0.05) is 20.8 Å². The zero-order chi connectivity index (χ0) is 14.1. The number of aromatic nitrogens is 2. The standard InChI is InChI=1S/C13H21BrN2OS/c1-8-11(14)9(2)16(12(17)15-8)6-10(7-18)13(3,4)5/h10,18H,6-7H2,1-5H3. The molecular weight excluding hydrogens is 312 g/mol. The van der Waals surface area contributed by atoms with E-state index in [-0.39, 0.29) is 11.1 Å². The lowest BCUT2D eigenvalue weighted by atomic mass is 9.82. The van der Waals surface area contributed by atoms with E-state index < -0.39 is 0 Å². The van der Waals surface area contributed by atoms with Crippen LogP contribution in [-0.2, 0) is 6.54 Å². The second-order valence-corrected chi connectivity index (χ2v) is 6.89. The average Bonchev–Trinajstić information content (AvgIpc) is 2.24. The Morgan fingerprint density at radius 2 is 1.94 bits per heavy atom. The zero-order valence-corrected chi connectivity index (χ0v) is 14.1. The predicted molar refractivity (Wildman–Crippen MR) is 82.5 cm³/mol. The Labute approximate surface area is 123 Å². The van der Waals surface area contributed by atoms with Gasteiger partial charge in [0, 0.05) is 12.2 Å². The van der Waals surface area contributed by atoms with Crippen LogP contribution in [0.3, 0.4) is 0 Å². The number of halogens is 1. The van der Waals surface area contributed by atoms with Crippen molar-refractivity contribution < 1.29 is 0 Å². The van der Waals surface area contributed by atoms with Gasteiger partial charge in [-0.2, -0.15) is 17.6 Å². The third-order valence-electron chi connectivity index (χ3n) is 3.38. The molecule has 1 unspecified atom stereocenters. The van der Waals surface area contributed by atoms with E-state index in [0.717, 1.165) is 21.6 Å². The Morgan fingerprint density at radius 1 is 1.39 bits per heavy atom. The van der Waals surface area contributed by atoms with Gasteiger partial charge in [0.05, 0.1) is 10.2 Å². The van der Waals surface area contributed by atoms with E-state index in [1.807, 2.05) is 13.8 Å². The first-order valence-electron chi connectivity index (χ1n) is 6.03. The summed E-state index contributed by atoms with van der Waals surface area (Å²) in [5, 5.41) is 0. The van der Waals surface area contributed by atoms with Gasteiger partial charge in [-0.15, -0.1) is 0 Å². The molecule has 0 aliphatic carbocycles. The molecule has 1 heterocycles. The van der Waals surface area contributed by atoms with Crippen molar-refractivity contribution in [2.75, 3.05) is 5.75 Å². The molecule has 0 fully saturated rings. The SMILES string of the molecule is Cc1nc(=O)n(CC(CS)C(C)(C)C)c(C)c1Br. The van der Waals surface area contributed by atoms with E-state index in [1.165, 1.54) is 0 Å². The number of aryl methyl sites for hydroxylation is 1. The molecule has 0 bridgehead atoms. The highest BCUT2D eigenvalue weighted by Gasteiger charge is 2.25. The van der Waals surface area contributed by atoms with Crippen molar-refractivity contribution in [3.63, 3.8) is 0 Å². The number of hydrogen-bond donors (Lipinski definition) is 1. The minimum Gasteiger partial charge on any atom is -0.295 e. The fourth-order valence-electron chi connectivity index (χ4n) is 1.82. The number of rotatable bonds is 3. The Kier molecular flexibility index (Phi) is 5.06. The smallest absolute Gasteiger partial charge is 0.295 e. The van der Waals surface area contributed by atoms with Gasteiger partial charge in [-0.05, 0) is 46.9 Å². The Bertz CT molecular complexity index is 491. The molecule has 1 atom stereocenters. The van der Waals surface area contributed by atoms with Crippen molar-refractivity contribution >= 4 is 28.6 Å². The molecule has 18 heavy (non-hydrogen) atoms. The molecule has 0 saturated carbocycles. The molecule has 1 aromatic rings. The summed E-state index contributed by atoms with van der Waals surface area (Å²) in [5.41, 5.74) is 1.62. The van der Waals surface area contributed by atoms with Crippen LogP contribution in [0.25, 0.3) is 0 Å². The lowest BCUT2D eigenvalue weighted by Gasteiger charge is -2.30. The molecule has 5 heteroatoms. The average molecular weight is 333 g/mol. The van der Waals surface area contributed by atoms with E-state index in [4.69, 9.17) is 0 Å². The monoisotopic (exact) mass is 332 g/mol. The van der Waals surface area contributed by atoms with Crippen molar-refractivity contribution in [3.8, 4) is 0 Å². The van der Waals surface area contributed by atoms with Crippen LogP contribution < -0.4 is 5.69 Å². The van der Waals surface area contributed by atoms with Gasteiger partial charge < -0.3 is 0 Å². The van der Waals surface area contributed by atoms with E-state index in [1.54, 1.807) is 4.57 Å². The first kappa shape index (κ1) is 15.8. The van der Waals surface area contributed by atoms with Crippen LogP contribution in [0, 0.1) is 25.2 Å². The second kappa shape index (κ2) is 5.78. The van der Waals surface area contributed by atoms with E-state index in [2.05, 4.69) is 54.3 Å². The van der Waals surface area contributed by atoms with Crippen LogP contribution in [-0.4, -0.2) is 15.3 Å². The molecule has 0 radical (unpaired) electrons. The fraction of sp³-hybridized carbons (Fsp3) is 0.692. The lowest BCUT2D eigenvalue weighted by Crippen LogP contribution is -2.34. The normalized spacial score (nSPS) is 13.7. The largest absolute Gasteiger partial charge is 0.348 e. The van der Waals surface area contributed by atoms with Gasteiger partial charge in [0.2, 0.25) is 0 Å². The Balaban J connectivity index is 3.20. The van der Waals surface area contributed by atoms with Gasteiger partial charge in [-0.25, -0.2) is 4.79 Å². The number of thiol groups is 1. The van der Waals surface area contributed by atoms with Crippen molar-refractivity contribution in [1.82, 2.24) is 9.55 Å². The molecule has 0 aliphatic rings. The maximum atomic E-state index is 12.0. The van der Waals surface area contributed by atoms with Crippen LogP contribution in [0.4, 0.5) is 0 Å². The highest BCUT2D eigenvalue weighted by Crippen LogP contribution is 2.29. The van der Waals surface area contributed by atoms with Crippen molar-refractivity contribution in [3.05, 3.63) is 26.3 Å². The summed E-state index contributed by atoms with van der Waals surface area (Å²) in [4.78, 5) is 16.0. The van der Waals surface area contributed by atoms with Gasteiger partial charge in [0.1, 0.15) is 0 Å². The summed E-state index contributed by atoms with van der Waals surface area (Å²) in [6.07, 6.45) is 0. The topological polar surface area (TPSA) is 34.9 Å². The summed E-state index contributed by atoms with van der Waals surface area (Å²) in [5.74, 6) is 1.08. The minimum absolute atomic E-state index is 0.116. The molecule has 0 aromatic carbocycles. The molecule has 1 rings (SSSR count). The van der Waals surface area contributed by atoms with Crippen LogP contribution in [0.5, 0.6) is 0 Å². The van der Waals surface area contributed by atoms with Crippen molar-refractivity contribution in [2.24, 2.45) is 11.3 Å². The first-order valence-corrected chi connectivity index (χ1v) is 7.45. The van der Waals surface area contributed by atoms with Crippen molar-refractivity contribution in [1.29, 1.82) is 0 Å². The van der Waals surface area contributed by atoms with E-state index in [0.29, 0.717) is 12.5 Å². The molecule has 0 aliphatic heterocycles. The highest BCUT2D eigenvalue weighted by atomic mass is 79.9. The third kappa shape index (κ3) is 3.38. The molecule has 0 N–H and O–H groups in total. The number of nitrogens with zero attached hydrogens (tertiary/aromatic N) is 2. The van der Waals surface area contributed by atoms with Crippen LogP contribution in [0.1, 0.15) is 32.2 Å². The van der Waals surface area contributed by atoms with Crippen LogP contribution in [0.2, 0.25) is 0 Å². The summed E-state index contributed by atoms with van der Waals surface area (Å²) in [6.45, 7) is 10.9. The molecular formula is C13H21BrN2OS. The molecule has 3 nitrogen and oxygen atoms in total. The third-order valence-corrected chi connectivity index (χ3v) is 4.97. The predicted octanol–water partition coefficient (Wildman–Crippen LogP) is 3.21. The first-order chi connectivity index (χ1) is 8.18. The van der Waals surface area contributed by atoms with E-state index in [9.17, 15) is 4.79 Å². The molecule has 102 valence electrons. The Morgan fingerprint density at radius 3 is 2.39 bits per heavy atom. The maximum Gasteiger partial charge on any atom is 0.348 e. The fourth-order valence-corrected chi connectivity index (χ4v) is 2.78.